The molecule has 0 bridgehead atoms. The van der Waals surface area contributed by atoms with Crippen LogP contribution in [0.4, 0.5) is 0 Å². The van der Waals surface area contributed by atoms with E-state index in [1.54, 1.807) is 24.3 Å². The lowest BCUT2D eigenvalue weighted by molar-refractivity contribution is -0.124. The van der Waals surface area contributed by atoms with Gasteiger partial charge in [0, 0.05) is 11.6 Å². The summed E-state index contributed by atoms with van der Waals surface area (Å²) in [6.07, 6.45) is 0. The van der Waals surface area contributed by atoms with Crippen LogP contribution in [0.15, 0.2) is 24.3 Å². The van der Waals surface area contributed by atoms with Gasteiger partial charge in [-0.1, -0.05) is 26.0 Å². The fraction of sp³-hybridized carbons (Fsp3) is 0.467. The molecule has 0 spiro atoms. The Bertz CT molecular complexity index is 454. The Balaban J connectivity index is 2.50. The van der Waals surface area contributed by atoms with Crippen LogP contribution in [-0.2, 0) is 4.79 Å². The Morgan fingerprint density at radius 2 is 1.95 bits per heavy atom. The molecule has 1 aromatic rings. The van der Waals surface area contributed by atoms with Crippen molar-refractivity contribution in [1.29, 1.82) is 0 Å². The van der Waals surface area contributed by atoms with Gasteiger partial charge in [0.1, 0.15) is 5.75 Å². The molecule has 1 N–H and O–H groups in total. The standard InChI is InChI=1S/C15H21NO3/c1-10(2)11(3)16-15(18)9-19-14-7-5-6-13(8-14)12(4)17/h5-8,10-11H,9H2,1-4H3,(H,16,18)/t11-/m1/s1. The number of hydrogen-bond acceptors (Lipinski definition) is 3. The SMILES string of the molecule is CC(=O)c1cccc(OCC(=O)N[C@H](C)C(C)C)c1. The number of amides is 1. The molecular formula is C15H21NO3. The second kappa shape index (κ2) is 6.92. The fourth-order valence-electron chi connectivity index (χ4n) is 1.42. The van der Waals surface area contributed by atoms with Gasteiger partial charge in [-0.15, -0.1) is 0 Å². The number of rotatable bonds is 6. The first kappa shape index (κ1) is 15.2. The number of carbonyl (C=O) groups is 2. The minimum absolute atomic E-state index is 0.0247. The molecule has 0 heterocycles. The van der Waals surface area contributed by atoms with E-state index in [0.29, 0.717) is 17.2 Å². The number of ether oxygens (including phenoxy) is 1. The van der Waals surface area contributed by atoms with Gasteiger partial charge in [0.25, 0.3) is 5.91 Å². The zero-order chi connectivity index (χ0) is 14.4. The molecule has 0 aliphatic rings. The van der Waals surface area contributed by atoms with Crippen LogP contribution in [0, 0.1) is 5.92 Å². The van der Waals surface area contributed by atoms with Gasteiger partial charge in [0.05, 0.1) is 0 Å². The lowest BCUT2D eigenvalue weighted by Gasteiger charge is -2.17. The lowest BCUT2D eigenvalue weighted by Crippen LogP contribution is -2.38. The smallest absolute Gasteiger partial charge is 0.258 e. The Hall–Kier alpha value is -1.84. The van der Waals surface area contributed by atoms with Crippen molar-refractivity contribution in [3.63, 3.8) is 0 Å². The number of carbonyl (C=O) groups excluding carboxylic acids is 2. The average Bonchev–Trinajstić information content (AvgIpc) is 2.36. The summed E-state index contributed by atoms with van der Waals surface area (Å²) in [5.74, 6) is 0.725. The summed E-state index contributed by atoms with van der Waals surface area (Å²) < 4.78 is 5.37. The molecule has 1 rings (SSSR count). The first-order valence-corrected chi connectivity index (χ1v) is 6.43. The van der Waals surface area contributed by atoms with Crippen LogP contribution in [0.5, 0.6) is 5.75 Å². The monoisotopic (exact) mass is 263 g/mol. The molecule has 0 saturated heterocycles. The molecule has 0 aliphatic carbocycles. The maximum absolute atomic E-state index is 11.6. The number of benzene rings is 1. The predicted octanol–water partition coefficient (Wildman–Crippen LogP) is 2.43. The molecule has 1 amide bonds. The highest BCUT2D eigenvalue weighted by Crippen LogP contribution is 2.13. The largest absolute Gasteiger partial charge is 0.484 e. The Morgan fingerprint density at radius 1 is 1.26 bits per heavy atom. The molecule has 0 unspecified atom stereocenters. The van der Waals surface area contributed by atoms with E-state index >= 15 is 0 Å². The van der Waals surface area contributed by atoms with Gasteiger partial charge in [-0.25, -0.2) is 0 Å². The highest BCUT2D eigenvalue weighted by molar-refractivity contribution is 5.94. The summed E-state index contributed by atoms with van der Waals surface area (Å²) in [7, 11) is 0. The average molecular weight is 263 g/mol. The zero-order valence-corrected chi connectivity index (χ0v) is 11.9. The number of nitrogens with one attached hydrogen (secondary N) is 1. The first-order chi connectivity index (χ1) is 8.90. The Morgan fingerprint density at radius 3 is 2.53 bits per heavy atom. The van der Waals surface area contributed by atoms with Crippen LogP contribution in [0.25, 0.3) is 0 Å². The molecule has 0 fully saturated rings. The zero-order valence-electron chi connectivity index (χ0n) is 11.9. The second-order valence-electron chi connectivity index (χ2n) is 4.97. The number of ketones is 1. The number of hydrogen-bond donors (Lipinski definition) is 1. The third kappa shape index (κ3) is 5.12. The van der Waals surface area contributed by atoms with Gasteiger partial charge in [0.15, 0.2) is 12.4 Å². The highest BCUT2D eigenvalue weighted by Gasteiger charge is 2.11. The summed E-state index contributed by atoms with van der Waals surface area (Å²) >= 11 is 0. The summed E-state index contributed by atoms with van der Waals surface area (Å²) in [5, 5.41) is 2.86. The van der Waals surface area contributed by atoms with Crippen LogP contribution in [-0.4, -0.2) is 24.3 Å². The van der Waals surface area contributed by atoms with Crippen LogP contribution in [0.3, 0.4) is 0 Å². The summed E-state index contributed by atoms with van der Waals surface area (Å²) in [6.45, 7) is 7.50. The van der Waals surface area contributed by atoms with Gasteiger partial charge < -0.3 is 10.1 Å². The van der Waals surface area contributed by atoms with Gasteiger partial charge in [0.2, 0.25) is 0 Å². The van der Waals surface area contributed by atoms with E-state index in [0.717, 1.165) is 0 Å². The first-order valence-electron chi connectivity index (χ1n) is 6.43. The van der Waals surface area contributed by atoms with E-state index in [4.69, 9.17) is 4.74 Å². The van der Waals surface area contributed by atoms with Gasteiger partial charge in [-0.05, 0) is 31.9 Å². The van der Waals surface area contributed by atoms with Crippen molar-refractivity contribution in [3.05, 3.63) is 29.8 Å². The van der Waals surface area contributed by atoms with Crippen molar-refractivity contribution >= 4 is 11.7 Å². The van der Waals surface area contributed by atoms with Crippen molar-refractivity contribution in [2.75, 3.05) is 6.61 Å². The van der Waals surface area contributed by atoms with E-state index in [1.807, 2.05) is 20.8 Å². The van der Waals surface area contributed by atoms with E-state index in [9.17, 15) is 9.59 Å². The fourth-order valence-corrected chi connectivity index (χ4v) is 1.42. The third-order valence-corrected chi connectivity index (χ3v) is 3.00. The van der Waals surface area contributed by atoms with Crippen molar-refractivity contribution < 1.29 is 14.3 Å². The second-order valence-corrected chi connectivity index (χ2v) is 4.97. The summed E-state index contributed by atoms with van der Waals surface area (Å²) in [5.41, 5.74) is 0.577. The molecule has 0 aromatic heterocycles. The van der Waals surface area contributed by atoms with E-state index in [2.05, 4.69) is 5.32 Å². The minimum Gasteiger partial charge on any atom is -0.484 e. The van der Waals surface area contributed by atoms with Gasteiger partial charge in [-0.3, -0.25) is 9.59 Å². The van der Waals surface area contributed by atoms with Crippen LogP contribution >= 0.6 is 0 Å². The molecule has 0 radical (unpaired) electrons. The molecule has 4 nitrogen and oxygen atoms in total. The van der Waals surface area contributed by atoms with E-state index < -0.39 is 0 Å². The third-order valence-electron chi connectivity index (χ3n) is 3.00. The molecule has 0 saturated carbocycles. The quantitative estimate of drug-likeness (QED) is 0.802. The van der Waals surface area contributed by atoms with Crippen molar-refractivity contribution in [2.45, 2.75) is 33.7 Å². The lowest BCUT2D eigenvalue weighted by atomic mass is 10.1. The summed E-state index contributed by atoms with van der Waals surface area (Å²) in [6, 6.07) is 6.93. The normalized spacial score (nSPS) is 12.1. The molecule has 0 aliphatic heterocycles. The van der Waals surface area contributed by atoms with Crippen molar-refractivity contribution in [3.8, 4) is 5.75 Å². The molecular weight excluding hydrogens is 242 g/mol. The molecule has 1 aromatic carbocycles. The Labute approximate surface area is 114 Å². The summed E-state index contributed by atoms with van der Waals surface area (Å²) in [4.78, 5) is 22.9. The van der Waals surface area contributed by atoms with Crippen LogP contribution in [0.1, 0.15) is 38.1 Å². The topological polar surface area (TPSA) is 55.4 Å². The minimum atomic E-state index is -0.158. The van der Waals surface area contributed by atoms with Crippen molar-refractivity contribution in [2.24, 2.45) is 5.92 Å². The van der Waals surface area contributed by atoms with Gasteiger partial charge in [-0.2, -0.15) is 0 Å². The van der Waals surface area contributed by atoms with Crippen LogP contribution < -0.4 is 10.1 Å². The Kier molecular flexibility index (Phi) is 5.55. The van der Waals surface area contributed by atoms with Gasteiger partial charge >= 0.3 is 0 Å². The predicted molar refractivity (Wildman–Crippen MR) is 74.4 cm³/mol. The van der Waals surface area contributed by atoms with Crippen molar-refractivity contribution in [1.82, 2.24) is 5.32 Å². The molecule has 4 heteroatoms. The van der Waals surface area contributed by atoms with E-state index in [-0.39, 0.29) is 24.3 Å². The molecule has 104 valence electrons. The highest BCUT2D eigenvalue weighted by atomic mass is 16.5. The maximum Gasteiger partial charge on any atom is 0.258 e. The van der Waals surface area contributed by atoms with E-state index in [1.165, 1.54) is 6.92 Å². The van der Waals surface area contributed by atoms with Crippen LogP contribution in [0.2, 0.25) is 0 Å². The maximum atomic E-state index is 11.6. The molecule has 1 atom stereocenters. The molecule has 19 heavy (non-hydrogen) atoms. The number of Topliss-reactive ketones (excluding diaryl/α,β-unsaturated/α-hetero) is 1.